The zero-order chi connectivity index (χ0) is 17.2. The summed E-state index contributed by atoms with van der Waals surface area (Å²) >= 11 is 0. The topological polar surface area (TPSA) is 120 Å². The summed E-state index contributed by atoms with van der Waals surface area (Å²) in [4.78, 5) is 45.9. The lowest BCUT2D eigenvalue weighted by Gasteiger charge is -2.07. The Morgan fingerprint density at radius 1 is 0.708 bits per heavy atom. The minimum Gasteiger partial charge on any atom is -0.293 e. The van der Waals surface area contributed by atoms with Gasteiger partial charge in [0.05, 0.1) is 21.7 Å². The standard InChI is InChI=1S/C16H8N2O6/c19-15-11-5-7(17(21)22)1-3-9(11)13-14(15)10-4-2-8(18(23)24)6-12(10)16(13)20/h1-6,13-14H/t13-,14+. The van der Waals surface area contributed by atoms with Crippen molar-refractivity contribution in [1.29, 1.82) is 0 Å². The van der Waals surface area contributed by atoms with Gasteiger partial charge in [-0.3, -0.25) is 29.8 Å². The predicted molar refractivity (Wildman–Crippen MR) is 80.3 cm³/mol. The molecule has 24 heavy (non-hydrogen) atoms. The van der Waals surface area contributed by atoms with Crippen LogP contribution in [0.25, 0.3) is 0 Å². The summed E-state index contributed by atoms with van der Waals surface area (Å²) in [6, 6.07) is 7.74. The summed E-state index contributed by atoms with van der Waals surface area (Å²) in [5.74, 6) is -2.24. The first-order chi connectivity index (χ1) is 11.4. The van der Waals surface area contributed by atoms with Gasteiger partial charge in [-0.25, -0.2) is 0 Å². The summed E-state index contributed by atoms with van der Waals surface area (Å²) in [5, 5.41) is 21.8. The van der Waals surface area contributed by atoms with E-state index in [4.69, 9.17) is 0 Å². The first kappa shape index (κ1) is 14.2. The molecule has 2 aliphatic rings. The Hall–Kier alpha value is -3.42. The highest BCUT2D eigenvalue weighted by Crippen LogP contribution is 2.52. The predicted octanol–water partition coefficient (Wildman–Crippen LogP) is 2.76. The van der Waals surface area contributed by atoms with Crippen molar-refractivity contribution in [1.82, 2.24) is 0 Å². The second-order valence-electron chi connectivity index (χ2n) is 5.74. The molecule has 0 saturated carbocycles. The first-order valence-corrected chi connectivity index (χ1v) is 7.05. The molecule has 8 heteroatoms. The van der Waals surface area contributed by atoms with Crippen molar-refractivity contribution in [3.63, 3.8) is 0 Å². The van der Waals surface area contributed by atoms with Gasteiger partial charge in [0.25, 0.3) is 11.4 Å². The molecule has 118 valence electrons. The van der Waals surface area contributed by atoms with E-state index in [0.29, 0.717) is 11.1 Å². The maximum atomic E-state index is 12.7. The molecule has 2 aliphatic carbocycles. The molecule has 2 aromatic rings. The normalized spacial score (nSPS) is 20.5. The monoisotopic (exact) mass is 324 g/mol. The van der Waals surface area contributed by atoms with Gasteiger partial charge in [-0.1, -0.05) is 12.1 Å². The fraction of sp³-hybridized carbons (Fsp3) is 0.125. The third-order valence-corrected chi connectivity index (χ3v) is 4.59. The van der Waals surface area contributed by atoms with Crippen LogP contribution < -0.4 is 0 Å². The van der Waals surface area contributed by atoms with Gasteiger partial charge in [0, 0.05) is 35.4 Å². The molecule has 0 amide bonds. The van der Waals surface area contributed by atoms with Crippen LogP contribution in [0.3, 0.4) is 0 Å². The molecule has 0 spiro atoms. The van der Waals surface area contributed by atoms with Crippen LogP contribution in [0.2, 0.25) is 0 Å². The third kappa shape index (κ3) is 1.67. The highest BCUT2D eigenvalue weighted by Gasteiger charge is 2.51. The smallest absolute Gasteiger partial charge is 0.270 e. The van der Waals surface area contributed by atoms with Gasteiger partial charge in [-0.2, -0.15) is 0 Å². The first-order valence-electron chi connectivity index (χ1n) is 7.05. The molecule has 0 bridgehead atoms. The van der Waals surface area contributed by atoms with Crippen LogP contribution in [0.15, 0.2) is 36.4 Å². The Morgan fingerprint density at radius 2 is 1.08 bits per heavy atom. The number of hydrogen-bond donors (Lipinski definition) is 0. The maximum absolute atomic E-state index is 12.7. The van der Waals surface area contributed by atoms with Crippen molar-refractivity contribution in [3.05, 3.63) is 78.9 Å². The Morgan fingerprint density at radius 3 is 1.42 bits per heavy atom. The van der Waals surface area contributed by atoms with Gasteiger partial charge in [0.2, 0.25) is 0 Å². The number of benzene rings is 2. The minimum atomic E-state index is -0.759. The lowest BCUT2D eigenvalue weighted by molar-refractivity contribution is -0.385. The number of ketones is 2. The molecule has 0 fully saturated rings. The maximum Gasteiger partial charge on any atom is 0.270 e. The van der Waals surface area contributed by atoms with E-state index in [1.165, 1.54) is 36.4 Å². The number of non-ortho nitro benzene ring substituents is 2. The molecule has 2 aromatic carbocycles. The van der Waals surface area contributed by atoms with E-state index in [2.05, 4.69) is 0 Å². The van der Waals surface area contributed by atoms with E-state index in [0.717, 1.165) is 0 Å². The molecule has 0 aromatic heterocycles. The summed E-state index contributed by atoms with van der Waals surface area (Å²) in [5.41, 5.74) is 0.823. The quantitative estimate of drug-likeness (QED) is 0.618. The SMILES string of the molecule is O=C1c2cc([N+](=O)[O-])ccc2[C@@H]2C(=O)c3cc([N+](=O)[O-])ccc3[C@@H]12. The average molecular weight is 324 g/mol. The van der Waals surface area contributed by atoms with Gasteiger partial charge in [-0.15, -0.1) is 0 Å². The number of nitro groups is 2. The molecule has 8 nitrogen and oxygen atoms in total. The van der Waals surface area contributed by atoms with Gasteiger partial charge in [-0.05, 0) is 11.1 Å². The summed E-state index contributed by atoms with van der Waals surface area (Å²) in [6.07, 6.45) is 0. The van der Waals surface area contributed by atoms with E-state index >= 15 is 0 Å². The van der Waals surface area contributed by atoms with Crippen LogP contribution in [0.1, 0.15) is 43.7 Å². The number of hydrogen-bond acceptors (Lipinski definition) is 6. The molecular weight excluding hydrogens is 316 g/mol. The van der Waals surface area contributed by atoms with E-state index in [9.17, 15) is 29.8 Å². The summed E-state index contributed by atoms with van der Waals surface area (Å²) in [7, 11) is 0. The Labute approximate surface area is 134 Å². The van der Waals surface area contributed by atoms with Gasteiger partial charge in [0.15, 0.2) is 11.6 Å². The Bertz CT molecular complexity index is 901. The van der Waals surface area contributed by atoms with Gasteiger partial charge < -0.3 is 0 Å². The number of carbonyl (C=O) groups is 2. The molecule has 0 N–H and O–H groups in total. The molecule has 0 unspecified atom stereocenters. The molecule has 0 radical (unpaired) electrons. The van der Waals surface area contributed by atoms with Crippen LogP contribution >= 0.6 is 0 Å². The number of carbonyl (C=O) groups excluding carboxylic acids is 2. The molecule has 2 atom stereocenters. The van der Waals surface area contributed by atoms with Crippen LogP contribution in [-0.4, -0.2) is 21.4 Å². The van der Waals surface area contributed by atoms with Crippen molar-refractivity contribution < 1.29 is 19.4 Å². The lowest BCUT2D eigenvalue weighted by atomic mass is 9.92. The van der Waals surface area contributed by atoms with E-state index in [-0.39, 0.29) is 34.1 Å². The molecule has 0 saturated heterocycles. The third-order valence-electron chi connectivity index (χ3n) is 4.59. The average Bonchev–Trinajstić information content (AvgIpc) is 3.01. The molecular formula is C16H8N2O6. The summed E-state index contributed by atoms with van der Waals surface area (Å²) < 4.78 is 0. The van der Waals surface area contributed by atoms with E-state index < -0.39 is 21.7 Å². The second-order valence-corrected chi connectivity index (χ2v) is 5.74. The molecule has 4 rings (SSSR count). The highest BCUT2D eigenvalue weighted by atomic mass is 16.6. The van der Waals surface area contributed by atoms with Crippen molar-refractivity contribution in [3.8, 4) is 0 Å². The Balaban J connectivity index is 1.87. The fourth-order valence-corrected chi connectivity index (χ4v) is 3.56. The van der Waals surface area contributed by atoms with Crippen LogP contribution in [0.5, 0.6) is 0 Å². The number of nitro benzene ring substituents is 2. The summed E-state index contributed by atoms with van der Waals surface area (Å²) in [6.45, 7) is 0. The zero-order valence-electron chi connectivity index (χ0n) is 12.0. The molecule has 0 heterocycles. The fourth-order valence-electron chi connectivity index (χ4n) is 3.56. The Kier molecular flexibility index (Phi) is 2.69. The zero-order valence-corrected chi connectivity index (χ0v) is 12.0. The van der Waals surface area contributed by atoms with Gasteiger partial charge >= 0.3 is 0 Å². The van der Waals surface area contributed by atoms with E-state index in [1.54, 1.807) is 0 Å². The number of nitrogens with zero attached hydrogens (tertiary/aromatic N) is 2. The van der Waals surface area contributed by atoms with Crippen molar-refractivity contribution in [2.24, 2.45) is 0 Å². The second kappa shape index (κ2) is 4.54. The van der Waals surface area contributed by atoms with Gasteiger partial charge in [0.1, 0.15) is 0 Å². The van der Waals surface area contributed by atoms with Crippen LogP contribution in [-0.2, 0) is 0 Å². The van der Waals surface area contributed by atoms with Crippen LogP contribution in [0, 0.1) is 20.2 Å². The number of Topliss-reactive ketones (excluding diaryl/α,β-unsaturated/α-hetero) is 2. The number of rotatable bonds is 2. The molecule has 0 aliphatic heterocycles. The largest absolute Gasteiger partial charge is 0.293 e. The lowest BCUT2D eigenvalue weighted by Crippen LogP contribution is -2.09. The van der Waals surface area contributed by atoms with Crippen molar-refractivity contribution in [2.75, 3.05) is 0 Å². The van der Waals surface area contributed by atoms with Crippen LogP contribution in [0.4, 0.5) is 11.4 Å². The minimum absolute atomic E-state index is 0.177. The van der Waals surface area contributed by atoms with E-state index in [1.807, 2.05) is 0 Å². The highest BCUT2D eigenvalue weighted by molar-refractivity contribution is 6.20. The van der Waals surface area contributed by atoms with Crippen molar-refractivity contribution in [2.45, 2.75) is 11.8 Å². The number of fused-ring (bicyclic) bond motifs is 5. The van der Waals surface area contributed by atoms with Crippen molar-refractivity contribution >= 4 is 22.9 Å².